The smallest absolute Gasteiger partial charge is 0.119 e. The van der Waals surface area contributed by atoms with Crippen LogP contribution in [0.1, 0.15) is 31.4 Å². The van der Waals surface area contributed by atoms with Crippen molar-refractivity contribution >= 4 is 0 Å². The molecule has 0 radical (unpaired) electrons. The Morgan fingerprint density at radius 2 is 2.43 bits per heavy atom. The summed E-state index contributed by atoms with van der Waals surface area (Å²) in [5, 5.41) is 3.49. The molecule has 1 atom stereocenters. The van der Waals surface area contributed by atoms with Gasteiger partial charge in [-0.15, -0.1) is 0 Å². The zero-order chi connectivity index (χ0) is 9.80. The van der Waals surface area contributed by atoms with E-state index in [1.807, 2.05) is 13.0 Å². The predicted octanol–water partition coefficient (Wildman–Crippen LogP) is 2.51. The maximum Gasteiger partial charge on any atom is 0.119 e. The van der Waals surface area contributed by atoms with Crippen LogP contribution in [0, 0.1) is 0 Å². The number of nitrogens with one attached hydrogen (secondary N) is 1. The standard InChI is InChI=1S/C12H17NO/c1-2-14-11-6-3-5-10(9-11)12-7-4-8-13-12/h3,5-6,9,12-13H,2,4,7-8H2,1H3. The molecule has 1 heterocycles. The summed E-state index contributed by atoms with van der Waals surface area (Å²) in [5.74, 6) is 0.985. The minimum atomic E-state index is 0.537. The molecule has 1 aromatic rings. The molecular formula is C12H17NO. The molecule has 76 valence electrons. The molecule has 1 unspecified atom stereocenters. The van der Waals surface area contributed by atoms with Crippen molar-refractivity contribution in [1.82, 2.24) is 5.32 Å². The first-order chi connectivity index (χ1) is 6.90. The number of ether oxygens (including phenoxy) is 1. The summed E-state index contributed by atoms with van der Waals surface area (Å²) in [6.45, 7) is 3.89. The first-order valence-electron chi connectivity index (χ1n) is 5.36. The molecule has 1 N–H and O–H groups in total. The van der Waals surface area contributed by atoms with Gasteiger partial charge in [0, 0.05) is 6.04 Å². The van der Waals surface area contributed by atoms with Gasteiger partial charge in [0.15, 0.2) is 0 Å². The molecule has 0 saturated carbocycles. The van der Waals surface area contributed by atoms with E-state index in [0.717, 1.165) is 18.9 Å². The Hall–Kier alpha value is -1.02. The molecule has 1 aliphatic rings. The fourth-order valence-corrected chi connectivity index (χ4v) is 1.96. The maximum absolute atomic E-state index is 5.48. The van der Waals surface area contributed by atoms with Gasteiger partial charge < -0.3 is 10.1 Å². The van der Waals surface area contributed by atoms with Crippen LogP contribution >= 0.6 is 0 Å². The third kappa shape index (κ3) is 2.07. The highest BCUT2D eigenvalue weighted by Crippen LogP contribution is 2.25. The van der Waals surface area contributed by atoms with Crippen LogP contribution in [0.5, 0.6) is 5.75 Å². The average Bonchev–Trinajstić information content (AvgIpc) is 2.71. The van der Waals surface area contributed by atoms with Gasteiger partial charge in [-0.1, -0.05) is 12.1 Å². The van der Waals surface area contributed by atoms with Gasteiger partial charge in [-0.2, -0.15) is 0 Å². The van der Waals surface area contributed by atoms with E-state index in [2.05, 4.69) is 23.5 Å². The molecule has 1 aromatic carbocycles. The van der Waals surface area contributed by atoms with Crippen LogP contribution in [-0.2, 0) is 0 Å². The van der Waals surface area contributed by atoms with Crippen LogP contribution in [0.25, 0.3) is 0 Å². The Kier molecular flexibility index (Phi) is 3.04. The van der Waals surface area contributed by atoms with E-state index in [0.29, 0.717) is 6.04 Å². The lowest BCUT2D eigenvalue weighted by molar-refractivity contribution is 0.339. The molecule has 0 spiro atoms. The minimum Gasteiger partial charge on any atom is -0.494 e. The Morgan fingerprint density at radius 1 is 1.50 bits per heavy atom. The van der Waals surface area contributed by atoms with E-state index < -0.39 is 0 Å². The molecule has 1 saturated heterocycles. The Bertz CT molecular complexity index is 292. The highest BCUT2D eigenvalue weighted by molar-refractivity contribution is 5.30. The van der Waals surface area contributed by atoms with E-state index in [9.17, 15) is 0 Å². The van der Waals surface area contributed by atoms with Gasteiger partial charge in [-0.3, -0.25) is 0 Å². The molecule has 0 amide bonds. The summed E-state index contributed by atoms with van der Waals surface area (Å²) in [4.78, 5) is 0. The largest absolute Gasteiger partial charge is 0.494 e. The number of hydrogen-bond acceptors (Lipinski definition) is 2. The SMILES string of the molecule is CCOc1cccc(C2CCCN2)c1. The normalized spacial score (nSPS) is 21.1. The van der Waals surface area contributed by atoms with Gasteiger partial charge in [-0.05, 0) is 44.0 Å². The van der Waals surface area contributed by atoms with Crippen molar-refractivity contribution in [1.29, 1.82) is 0 Å². The van der Waals surface area contributed by atoms with E-state index in [1.54, 1.807) is 0 Å². The molecule has 0 bridgehead atoms. The molecule has 0 aliphatic carbocycles. The lowest BCUT2D eigenvalue weighted by Gasteiger charge is -2.12. The van der Waals surface area contributed by atoms with Crippen LogP contribution in [-0.4, -0.2) is 13.2 Å². The zero-order valence-corrected chi connectivity index (χ0v) is 8.62. The van der Waals surface area contributed by atoms with Crippen molar-refractivity contribution in [3.8, 4) is 5.75 Å². The third-order valence-corrected chi connectivity index (χ3v) is 2.63. The monoisotopic (exact) mass is 191 g/mol. The van der Waals surface area contributed by atoms with Gasteiger partial charge in [0.05, 0.1) is 6.61 Å². The maximum atomic E-state index is 5.48. The fraction of sp³-hybridized carbons (Fsp3) is 0.500. The highest BCUT2D eigenvalue weighted by Gasteiger charge is 2.15. The van der Waals surface area contributed by atoms with Crippen LogP contribution in [0.3, 0.4) is 0 Å². The van der Waals surface area contributed by atoms with Crippen molar-refractivity contribution in [2.24, 2.45) is 0 Å². The van der Waals surface area contributed by atoms with Crippen molar-refractivity contribution in [3.05, 3.63) is 29.8 Å². The van der Waals surface area contributed by atoms with E-state index in [1.165, 1.54) is 18.4 Å². The van der Waals surface area contributed by atoms with E-state index >= 15 is 0 Å². The minimum absolute atomic E-state index is 0.537. The topological polar surface area (TPSA) is 21.3 Å². The second-order valence-corrected chi connectivity index (χ2v) is 3.65. The third-order valence-electron chi connectivity index (χ3n) is 2.63. The van der Waals surface area contributed by atoms with Gasteiger partial charge in [-0.25, -0.2) is 0 Å². The Morgan fingerprint density at radius 3 is 3.14 bits per heavy atom. The molecule has 1 aliphatic heterocycles. The molecule has 1 fully saturated rings. The van der Waals surface area contributed by atoms with Crippen molar-refractivity contribution < 1.29 is 4.74 Å². The second kappa shape index (κ2) is 4.47. The molecule has 0 aromatic heterocycles. The number of rotatable bonds is 3. The Labute approximate surface area is 85.3 Å². The van der Waals surface area contributed by atoms with Gasteiger partial charge in [0.2, 0.25) is 0 Å². The summed E-state index contributed by atoms with van der Waals surface area (Å²) < 4.78 is 5.48. The Balaban J connectivity index is 2.12. The van der Waals surface area contributed by atoms with Crippen molar-refractivity contribution in [3.63, 3.8) is 0 Å². The summed E-state index contributed by atoms with van der Waals surface area (Å²) in [6.07, 6.45) is 2.53. The van der Waals surface area contributed by atoms with E-state index in [-0.39, 0.29) is 0 Å². The molecule has 2 nitrogen and oxygen atoms in total. The van der Waals surface area contributed by atoms with Crippen LogP contribution in [0.4, 0.5) is 0 Å². The van der Waals surface area contributed by atoms with Gasteiger partial charge in [0.25, 0.3) is 0 Å². The lowest BCUT2D eigenvalue weighted by atomic mass is 10.1. The zero-order valence-electron chi connectivity index (χ0n) is 8.62. The fourth-order valence-electron chi connectivity index (χ4n) is 1.96. The highest BCUT2D eigenvalue weighted by atomic mass is 16.5. The first-order valence-corrected chi connectivity index (χ1v) is 5.36. The molecular weight excluding hydrogens is 174 g/mol. The predicted molar refractivity (Wildman–Crippen MR) is 57.6 cm³/mol. The number of benzene rings is 1. The molecule has 14 heavy (non-hydrogen) atoms. The molecule has 2 heteroatoms. The van der Waals surface area contributed by atoms with E-state index in [4.69, 9.17) is 4.74 Å². The van der Waals surface area contributed by atoms with Crippen LogP contribution in [0.2, 0.25) is 0 Å². The van der Waals surface area contributed by atoms with Crippen LogP contribution in [0.15, 0.2) is 24.3 Å². The average molecular weight is 191 g/mol. The quantitative estimate of drug-likeness (QED) is 0.792. The summed E-state index contributed by atoms with van der Waals surface area (Å²) >= 11 is 0. The second-order valence-electron chi connectivity index (χ2n) is 3.65. The summed E-state index contributed by atoms with van der Waals surface area (Å²) in [7, 11) is 0. The van der Waals surface area contributed by atoms with Crippen molar-refractivity contribution in [2.45, 2.75) is 25.8 Å². The lowest BCUT2D eigenvalue weighted by Crippen LogP contribution is -2.12. The van der Waals surface area contributed by atoms with Gasteiger partial charge >= 0.3 is 0 Å². The van der Waals surface area contributed by atoms with Gasteiger partial charge in [0.1, 0.15) is 5.75 Å². The van der Waals surface area contributed by atoms with Crippen molar-refractivity contribution in [2.75, 3.05) is 13.2 Å². The number of hydrogen-bond donors (Lipinski definition) is 1. The summed E-state index contributed by atoms with van der Waals surface area (Å²) in [6, 6.07) is 8.94. The molecule has 2 rings (SSSR count). The summed E-state index contributed by atoms with van der Waals surface area (Å²) in [5.41, 5.74) is 1.36. The van der Waals surface area contributed by atoms with Crippen LogP contribution < -0.4 is 10.1 Å². The first kappa shape index (κ1) is 9.53.